The molecule has 8 heteroatoms. The molecule has 158 valence electrons. The van der Waals surface area contributed by atoms with E-state index in [1.54, 1.807) is 0 Å². The van der Waals surface area contributed by atoms with Crippen LogP contribution in [0.25, 0.3) is 21.3 Å². The predicted octanol–water partition coefficient (Wildman–Crippen LogP) is 6.27. The van der Waals surface area contributed by atoms with Crippen LogP contribution in [-0.2, 0) is 4.79 Å². The standard InChI is InChI=1S/C23H20BrN3O2S2/c1-13(2)14-3-5-15(6-4-14)18-11-30-22-20(18)21(29)26-23(27-22)31-12-19(28)25-17-9-7-16(24)8-10-17/h3-11,13H,12H2,1-2H3,(H,25,28)(H,26,27,29). The maximum atomic E-state index is 12.8. The van der Waals surface area contributed by atoms with E-state index in [9.17, 15) is 9.59 Å². The number of hydrogen-bond donors (Lipinski definition) is 2. The van der Waals surface area contributed by atoms with Gasteiger partial charge in [0.15, 0.2) is 5.16 Å². The molecule has 31 heavy (non-hydrogen) atoms. The fraction of sp³-hybridized carbons (Fsp3) is 0.174. The minimum atomic E-state index is -0.190. The summed E-state index contributed by atoms with van der Waals surface area (Å²) in [6.07, 6.45) is 0. The van der Waals surface area contributed by atoms with Crippen molar-refractivity contribution in [3.8, 4) is 11.1 Å². The highest BCUT2D eigenvalue weighted by molar-refractivity contribution is 9.10. The van der Waals surface area contributed by atoms with Gasteiger partial charge in [0.1, 0.15) is 4.83 Å². The van der Waals surface area contributed by atoms with Crippen LogP contribution in [0.5, 0.6) is 0 Å². The number of carbonyl (C=O) groups is 1. The van der Waals surface area contributed by atoms with E-state index < -0.39 is 0 Å². The Balaban J connectivity index is 1.50. The lowest BCUT2D eigenvalue weighted by molar-refractivity contribution is -0.113. The molecule has 0 aliphatic carbocycles. The van der Waals surface area contributed by atoms with E-state index in [-0.39, 0.29) is 17.2 Å². The van der Waals surface area contributed by atoms with Crippen LogP contribution in [0, 0.1) is 0 Å². The van der Waals surface area contributed by atoms with E-state index >= 15 is 0 Å². The highest BCUT2D eigenvalue weighted by Gasteiger charge is 2.14. The van der Waals surface area contributed by atoms with Crippen molar-refractivity contribution in [2.45, 2.75) is 24.9 Å². The average molecular weight is 514 g/mol. The van der Waals surface area contributed by atoms with E-state index in [2.05, 4.69) is 57.2 Å². The molecule has 5 nitrogen and oxygen atoms in total. The minimum Gasteiger partial charge on any atom is -0.325 e. The van der Waals surface area contributed by atoms with Gasteiger partial charge in [0.05, 0.1) is 11.1 Å². The van der Waals surface area contributed by atoms with Crippen molar-refractivity contribution < 1.29 is 4.79 Å². The third-order valence-corrected chi connectivity index (χ3v) is 7.05. The Kier molecular flexibility index (Phi) is 6.60. The summed E-state index contributed by atoms with van der Waals surface area (Å²) in [4.78, 5) is 33.1. The van der Waals surface area contributed by atoms with Crippen molar-refractivity contribution in [1.29, 1.82) is 0 Å². The second-order valence-electron chi connectivity index (χ2n) is 7.32. The molecule has 0 aliphatic rings. The van der Waals surface area contributed by atoms with Crippen LogP contribution >= 0.6 is 39.0 Å². The number of H-pyrrole nitrogens is 1. The summed E-state index contributed by atoms with van der Waals surface area (Å²) in [7, 11) is 0. The number of amides is 1. The van der Waals surface area contributed by atoms with Crippen molar-refractivity contribution in [3.05, 3.63) is 74.3 Å². The Morgan fingerprint density at radius 1 is 1.16 bits per heavy atom. The molecule has 1 amide bonds. The number of nitrogens with zero attached hydrogens (tertiary/aromatic N) is 1. The normalized spacial score (nSPS) is 11.2. The van der Waals surface area contributed by atoms with E-state index in [4.69, 9.17) is 0 Å². The SMILES string of the molecule is CC(C)c1ccc(-c2csc3nc(SCC(=O)Nc4ccc(Br)cc4)[nH]c(=O)c23)cc1. The van der Waals surface area contributed by atoms with Crippen LogP contribution in [0.4, 0.5) is 5.69 Å². The fourth-order valence-electron chi connectivity index (χ4n) is 3.12. The van der Waals surface area contributed by atoms with Gasteiger partial charge >= 0.3 is 0 Å². The topological polar surface area (TPSA) is 74.8 Å². The number of nitrogens with one attached hydrogen (secondary N) is 2. The summed E-state index contributed by atoms with van der Waals surface area (Å²) >= 11 is 6.01. The number of thiophene rings is 1. The molecule has 2 heterocycles. The van der Waals surface area contributed by atoms with Crippen LogP contribution in [-0.4, -0.2) is 21.6 Å². The summed E-state index contributed by atoms with van der Waals surface area (Å²) in [5.74, 6) is 0.449. The second kappa shape index (κ2) is 9.38. The number of carbonyl (C=O) groups excluding carboxylic acids is 1. The van der Waals surface area contributed by atoms with Gasteiger partial charge in [-0.1, -0.05) is 65.8 Å². The molecule has 0 unspecified atom stereocenters. The first-order valence-electron chi connectivity index (χ1n) is 9.71. The number of aromatic amines is 1. The van der Waals surface area contributed by atoms with Crippen LogP contribution in [0.2, 0.25) is 0 Å². The summed E-state index contributed by atoms with van der Waals surface area (Å²) in [5, 5.41) is 5.82. The van der Waals surface area contributed by atoms with Crippen molar-refractivity contribution in [2.24, 2.45) is 0 Å². The van der Waals surface area contributed by atoms with E-state index in [0.717, 1.165) is 21.3 Å². The number of aromatic nitrogens is 2. The summed E-state index contributed by atoms with van der Waals surface area (Å²) in [6.45, 7) is 4.31. The van der Waals surface area contributed by atoms with Crippen molar-refractivity contribution >= 4 is 60.8 Å². The first-order chi connectivity index (χ1) is 14.9. The van der Waals surface area contributed by atoms with Crippen LogP contribution in [0.15, 0.2) is 68.3 Å². The lowest BCUT2D eigenvalue weighted by Gasteiger charge is -2.07. The zero-order valence-corrected chi connectivity index (χ0v) is 20.2. The molecule has 0 saturated heterocycles. The minimum absolute atomic E-state index is 0.152. The molecule has 0 spiro atoms. The highest BCUT2D eigenvalue weighted by atomic mass is 79.9. The number of halogens is 1. The van der Waals surface area contributed by atoms with Gasteiger partial charge in [-0.2, -0.15) is 0 Å². The van der Waals surface area contributed by atoms with Gasteiger partial charge in [0.25, 0.3) is 5.56 Å². The molecule has 4 aromatic rings. The zero-order valence-electron chi connectivity index (χ0n) is 16.9. The van der Waals surface area contributed by atoms with E-state index in [0.29, 0.717) is 21.3 Å². The Hall–Kier alpha value is -2.42. The van der Waals surface area contributed by atoms with Crippen LogP contribution < -0.4 is 10.9 Å². The molecule has 0 fully saturated rings. The summed E-state index contributed by atoms with van der Waals surface area (Å²) < 4.78 is 0.945. The largest absolute Gasteiger partial charge is 0.325 e. The van der Waals surface area contributed by atoms with E-state index in [1.807, 2.05) is 41.8 Å². The van der Waals surface area contributed by atoms with Gasteiger partial charge in [-0.25, -0.2) is 4.98 Å². The van der Waals surface area contributed by atoms with Gasteiger partial charge in [-0.15, -0.1) is 11.3 Å². The third kappa shape index (κ3) is 5.08. The molecule has 4 rings (SSSR count). The second-order valence-corrected chi connectivity index (χ2v) is 10.1. The molecular formula is C23H20BrN3O2S2. The smallest absolute Gasteiger partial charge is 0.260 e. The maximum absolute atomic E-state index is 12.8. The fourth-order valence-corrected chi connectivity index (χ4v) is 5.05. The van der Waals surface area contributed by atoms with Gasteiger partial charge in [-0.05, 0) is 41.3 Å². The molecule has 0 radical (unpaired) electrons. The Morgan fingerprint density at radius 3 is 2.55 bits per heavy atom. The third-order valence-electron chi connectivity index (χ3n) is 4.78. The van der Waals surface area contributed by atoms with Crippen molar-refractivity contribution in [3.63, 3.8) is 0 Å². The first kappa shape index (κ1) is 21.8. The number of rotatable bonds is 6. The molecule has 2 N–H and O–H groups in total. The Bertz CT molecular complexity index is 1280. The lowest BCUT2D eigenvalue weighted by Crippen LogP contribution is -2.15. The zero-order chi connectivity index (χ0) is 22.0. The molecule has 2 aromatic heterocycles. The quantitative estimate of drug-likeness (QED) is 0.235. The molecule has 0 bridgehead atoms. The lowest BCUT2D eigenvalue weighted by atomic mass is 9.99. The van der Waals surface area contributed by atoms with Gasteiger partial charge in [-0.3, -0.25) is 9.59 Å². The van der Waals surface area contributed by atoms with Gasteiger partial charge in [0.2, 0.25) is 5.91 Å². The molecule has 2 aromatic carbocycles. The molecule has 0 aliphatic heterocycles. The van der Waals surface area contributed by atoms with E-state index in [1.165, 1.54) is 28.7 Å². The number of thioether (sulfide) groups is 1. The maximum Gasteiger partial charge on any atom is 0.260 e. The highest BCUT2D eigenvalue weighted by Crippen LogP contribution is 2.32. The Morgan fingerprint density at radius 2 is 1.87 bits per heavy atom. The van der Waals surface area contributed by atoms with Crippen molar-refractivity contribution in [1.82, 2.24) is 9.97 Å². The molecule has 0 saturated carbocycles. The average Bonchev–Trinajstić information content (AvgIpc) is 3.19. The monoisotopic (exact) mass is 513 g/mol. The predicted molar refractivity (Wildman–Crippen MR) is 133 cm³/mol. The van der Waals surface area contributed by atoms with Gasteiger partial charge in [0, 0.05) is 21.1 Å². The first-order valence-corrected chi connectivity index (χ1v) is 12.4. The number of anilines is 1. The van der Waals surface area contributed by atoms with Gasteiger partial charge < -0.3 is 10.3 Å². The number of benzene rings is 2. The van der Waals surface area contributed by atoms with Crippen molar-refractivity contribution in [2.75, 3.05) is 11.1 Å². The summed E-state index contributed by atoms with van der Waals surface area (Å²) in [6, 6.07) is 15.6. The Labute approximate surface area is 196 Å². The van der Waals surface area contributed by atoms with Crippen LogP contribution in [0.3, 0.4) is 0 Å². The molecular weight excluding hydrogens is 494 g/mol. The number of fused-ring (bicyclic) bond motifs is 1. The molecule has 0 atom stereocenters. The van der Waals surface area contributed by atoms with Crippen LogP contribution in [0.1, 0.15) is 25.3 Å². The summed E-state index contributed by atoms with van der Waals surface area (Å²) in [5.41, 5.74) is 3.67. The number of hydrogen-bond acceptors (Lipinski definition) is 5.